The van der Waals surface area contributed by atoms with Crippen molar-refractivity contribution in [2.75, 3.05) is 11.9 Å². The molecule has 2 amide bonds. The van der Waals surface area contributed by atoms with E-state index in [1.807, 2.05) is 20.8 Å². The van der Waals surface area contributed by atoms with Gasteiger partial charge in [-0.15, -0.1) is 0 Å². The number of aromatic nitrogens is 1. The molecule has 0 aliphatic carbocycles. The third-order valence-electron chi connectivity index (χ3n) is 3.46. The van der Waals surface area contributed by atoms with Gasteiger partial charge in [0.1, 0.15) is 5.52 Å². The number of oxazole rings is 1. The van der Waals surface area contributed by atoms with Crippen LogP contribution in [-0.4, -0.2) is 29.4 Å². The molecule has 1 atom stereocenters. The number of nitrogens with one attached hydrogen (secondary N) is 2. The quantitative estimate of drug-likeness (QED) is 0.746. The Labute approximate surface area is 134 Å². The lowest BCUT2D eigenvalue weighted by Gasteiger charge is -2.15. The van der Waals surface area contributed by atoms with Gasteiger partial charge in [-0.3, -0.25) is 9.59 Å². The number of rotatable bonds is 6. The number of anilines is 1. The third kappa shape index (κ3) is 4.29. The first-order valence-corrected chi connectivity index (χ1v) is 7.63. The second-order valence-electron chi connectivity index (χ2n) is 5.68. The maximum absolute atomic E-state index is 11.9. The van der Waals surface area contributed by atoms with Gasteiger partial charge in [0.25, 0.3) is 0 Å². The van der Waals surface area contributed by atoms with Gasteiger partial charge >= 0.3 is 0 Å². The SMILES string of the molecule is CCc1nc2cc(NC(=O)CNC(=O)[C@@H](N)C(C)C)ccc2o1. The van der Waals surface area contributed by atoms with E-state index in [-0.39, 0.29) is 24.3 Å². The van der Waals surface area contributed by atoms with Gasteiger partial charge in [0.15, 0.2) is 11.5 Å². The van der Waals surface area contributed by atoms with E-state index in [0.717, 1.165) is 0 Å². The van der Waals surface area contributed by atoms with Crippen molar-refractivity contribution in [2.45, 2.75) is 33.2 Å². The van der Waals surface area contributed by atoms with Gasteiger partial charge in [0.2, 0.25) is 11.8 Å². The fraction of sp³-hybridized carbons (Fsp3) is 0.438. The van der Waals surface area contributed by atoms with Gasteiger partial charge in [-0.2, -0.15) is 0 Å². The molecule has 4 N–H and O–H groups in total. The normalized spacial score (nSPS) is 12.4. The minimum atomic E-state index is -0.623. The molecule has 0 aliphatic heterocycles. The van der Waals surface area contributed by atoms with Crippen molar-refractivity contribution in [1.29, 1.82) is 0 Å². The Kier molecular flexibility index (Phi) is 5.33. The average molecular weight is 318 g/mol. The van der Waals surface area contributed by atoms with E-state index < -0.39 is 6.04 Å². The molecule has 2 aromatic rings. The van der Waals surface area contributed by atoms with E-state index in [9.17, 15) is 9.59 Å². The number of carbonyl (C=O) groups excluding carboxylic acids is 2. The van der Waals surface area contributed by atoms with Gasteiger partial charge in [0.05, 0.1) is 12.6 Å². The number of fused-ring (bicyclic) bond motifs is 1. The molecule has 7 nitrogen and oxygen atoms in total. The molecule has 1 aromatic heterocycles. The van der Waals surface area contributed by atoms with Gasteiger partial charge < -0.3 is 20.8 Å². The van der Waals surface area contributed by atoms with E-state index >= 15 is 0 Å². The molecule has 0 saturated carbocycles. The number of amides is 2. The summed E-state index contributed by atoms with van der Waals surface area (Å²) in [4.78, 5) is 27.9. The lowest BCUT2D eigenvalue weighted by molar-refractivity contribution is -0.125. The van der Waals surface area contributed by atoms with Crippen molar-refractivity contribution in [3.05, 3.63) is 24.1 Å². The van der Waals surface area contributed by atoms with Crippen molar-refractivity contribution >= 4 is 28.6 Å². The van der Waals surface area contributed by atoms with E-state index in [4.69, 9.17) is 10.2 Å². The van der Waals surface area contributed by atoms with Crippen LogP contribution in [0.2, 0.25) is 0 Å². The molecule has 0 unspecified atom stereocenters. The van der Waals surface area contributed by atoms with Gasteiger partial charge in [-0.1, -0.05) is 20.8 Å². The average Bonchev–Trinajstić information content (AvgIpc) is 2.94. The number of benzene rings is 1. The highest BCUT2D eigenvalue weighted by molar-refractivity contribution is 5.96. The summed E-state index contributed by atoms with van der Waals surface area (Å²) in [6.07, 6.45) is 0.707. The van der Waals surface area contributed by atoms with Crippen LogP contribution in [0.3, 0.4) is 0 Å². The van der Waals surface area contributed by atoms with Crippen LogP contribution < -0.4 is 16.4 Å². The molecule has 7 heteroatoms. The first-order valence-electron chi connectivity index (χ1n) is 7.63. The summed E-state index contributed by atoms with van der Waals surface area (Å²) in [7, 11) is 0. The highest BCUT2D eigenvalue weighted by Gasteiger charge is 2.17. The van der Waals surface area contributed by atoms with Crippen molar-refractivity contribution in [2.24, 2.45) is 11.7 Å². The van der Waals surface area contributed by atoms with Crippen LogP contribution in [0.1, 0.15) is 26.7 Å². The van der Waals surface area contributed by atoms with Crippen LogP contribution in [0.15, 0.2) is 22.6 Å². The van der Waals surface area contributed by atoms with Crippen molar-refractivity contribution in [3.63, 3.8) is 0 Å². The molecular formula is C16H22N4O3. The molecule has 2 rings (SSSR count). The number of hydrogen-bond acceptors (Lipinski definition) is 5. The van der Waals surface area contributed by atoms with Crippen molar-refractivity contribution in [3.8, 4) is 0 Å². The van der Waals surface area contributed by atoms with E-state index in [2.05, 4.69) is 15.6 Å². The number of nitrogens with two attached hydrogens (primary N) is 1. The topological polar surface area (TPSA) is 110 Å². The smallest absolute Gasteiger partial charge is 0.243 e. The fourth-order valence-electron chi connectivity index (χ4n) is 2.00. The summed E-state index contributed by atoms with van der Waals surface area (Å²) in [5.41, 5.74) is 7.67. The number of hydrogen-bond donors (Lipinski definition) is 3. The first-order chi connectivity index (χ1) is 10.9. The van der Waals surface area contributed by atoms with Crippen LogP contribution >= 0.6 is 0 Å². The minimum Gasteiger partial charge on any atom is -0.441 e. The summed E-state index contributed by atoms with van der Waals surface area (Å²) >= 11 is 0. The van der Waals surface area contributed by atoms with Crippen LogP contribution in [0, 0.1) is 5.92 Å². The summed E-state index contributed by atoms with van der Waals surface area (Å²) in [6.45, 7) is 5.53. The highest BCUT2D eigenvalue weighted by atomic mass is 16.3. The molecule has 0 fully saturated rings. The molecule has 0 bridgehead atoms. The Morgan fingerprint density at radius 3 is 2.74 bits per heavy atom. The zero-order chi connectivity index (χ0) is 17.0. The van der Waals surface area contributed by atoms with Gasteiger partial charge in [0, 0.05) is 12.1 Å². The Hall–Kier alpha value is -2.41. The molecule has 0 saturated heterocycles. The second-order valence-corrected chi connectivity index (χ2v) is 5.68. The lowest BCUT2D eigenvalue weighted by Crippen LogP contribution is -2.46. The molecule has 1 heterocycles. The largest absolute Gasteiger partial charge is 0.441 e. The van der Waals surface area contributed by atoms with Crippen LogP contribution in [0.5, 0.6) is 0 Å². The number of nitrogens with zero attached hydrogens (tertiary/aromatic N) is 1. The standard InChI is InChI=1S/C16H22N4O3/c1-4-14-20-11-7-10(5-6-12(11)23-14)19-13(21)8-18-16(22)15(17)9(2)3/h5-7,9,15H,4,8,17H2,1-3H3,(H,18,22)(H,19,21)/t15-/m0/s1. The predicted octanol–water partition coefficient (Wildman–Crippen LogP) is 1.43. The highest BCUT2D eigenvalue weighted by Crippen LogP contribution is 2.20. The zero-order valence-corrected chi connectivity index (χ0v) is 13.6. The van der Waals surface area contributed by atoms with Crippen molar-refractivity contribution < 1.29 is 14.0 Å². The minimum absolute atomic E-state index is 0.0143. The van der Waals surface area contributed by atoms with E-state index in [0.29, 0.717) is 29.1 Å². The molecule has 124 valence electrons. The Bertz CT molecular complexity index is 708. The Balaban J connectivity index is 1.93. The Morgan fingerprint density at radius 1 is 1.35 bits per heavy atom. The van der Waals surface area contributed by atoms with Gasteiger partial charge in [-0.25, -0.2) is 4.98 Å². The van der Waals surface area contributed by atoms with Crippen LogP contribution in [-0.2, 0) is 16.0 Å². The van der Waals surface area contributed by atoms with E-state index in [1.165, 1.54) is 0 Å². The molecule has 0 spiro atoms. The molecule has 23 heavy (non-hydrogen) atoms. The summed E-state index contributed by atoms with van der Waals surface area (Å²) in [6, 6.07) is 4.59. The second kappa shape index (κ2) is 7.23. The Morgan fingerprint density at radius 2 is 2.09 bits per heavy atom. The third-order valence-corrected chi connectivity index (χ3v) is 3.46. The van der Waals surface area contributed by atoms with Crippen LogP contribution in [0.25, 0.3) is 11.1 Å². The molecule has 1 aromatic carbocycles. The summed E-state index contributed by atoms with van der Waals surface area (Å²) in [5, 5.41) is 5.23. The van der Waals surface area contributed by atoms with Gasteiger partial charge in [-0.05, 0) is 24.1 Å². The van der Waals surface area contributed by atoms with Crippen molar-refractivity contribution in [1.82, 2.24) is 10.3 Å². The molecule has 0 aliphatic rings. The predicted molar refractivity (Wildman–Crippen MR) is 87.8 cm³/mol. The lowest BCUT2D eigenvalue weighted by atomic mass is 10.1. The zero-order valence-electron chi connectivity index (χ0n) is 13.6. The summed E-state index contributed by atoms with van der Waals surface area (Å²) < 4.78 is 5.51. The number of aryl methyl sites for hydroxylation is 1. The maximum Gasteiger partial charge on any atom is 0.243 e. The van der Waals surface area contributed by atoms with Crippen LogP contribution in [0.4, 0.5) is 5.69 Å². The monoisotopic (exact) mass is 318 g/mol. The van der Waals surface area contributed by atoms with E-state index in [1.54, 1.807) is 18.2 Å². The summed E-state index contributed by atoms with van der Waals surface area (Å²) in [5.74, 6) is 0.00126. The molecular weight excluding hydrogens is 296 g/mol. The maximum atomic E-state index is 11.9. The molecule has 0 radical (unpaired) electrons. The fourth-order valence-corrected chi connectivity index (χ4v) is 2.00. The first kappa shape index (κ1) is 17.0. The number of carbonyl (C=O) groups is 2.